The highest BCUT2D eigenvalue weighted by Crippen LogP contribution is 2.22. The summed E-state index contributed by atoms with van der Waals surface area (Å²) in [6.07, 6.45) is 1.71. The second-order valence-corrected chi connectivity index (χ2v) is 4.93. The van der Waals surface area contributed by atoms with E-state index in [2.05, 4.69) is 11.0 Å². The molecule has 1 unspecified atom stereocenters. The van der Waals surface area contributed by atoms with E-state index in [0.29, 0.717) is 0 Å². The van der Waals surface area contributed by atoms with E-state index in [4.69, 9.17) is 11.0 Å². The second-order valence-electron chi connectivity index (χ2n) is 4.93. The molecule has 0 aromatic carbocycles. The molecule has 0 radical (unpaired) electrons. The van der Waals surface area contributed by atoms with Crippen LogP contribution in [-0.2, 0) is 4.79 Å². The molecule has 1 aliphatic heterocycles. The van der Waals surface area contributed by atoms with Crippen molar-refractivity contribution in [3.05, 3.63) is 0 Å². The lowest BCUT2D eigenvalue weighted by atomic mass is 9.91. The molecule has 1 saturated heterocycles. The molecule has 1 heterocycles. The van der Waals surface area contributed by atoms with Crippen molar-refractivity contribution in [2.45, 2.75) is 26.7 Å². The molecule has 0 aromatic heterocycles. The van der Waals surface area contributed by atoms with E-state index in [1.807, 2.05) is 13.8 Å². The zero-order valence-corrected chi connectivity index (χ0v) is 9.49. The molecule has 4 heteroatoms. The number of carbonyl (C=O) groups is 1. The van der Waals surface area contributed by atoms with Crippen molar-refractivity contribution < 1.29 is 4.79 Å². The van der Waals surface area contributed by atoms with Gasteiger partial charge in [0.2, 0.25) is 5.91 Å². The van der Waals surface area contributed by atoms with Crippen molar-refractivity contribution in [2.24, 2.45) is 17.1 Å². The van der Waals surface area contributed by atoms with Gasteiger partial charge in [0.25, 0.3) is 0 Å². The molecule has 0 aromatic rings. The Labute approximate surface area is 91.0 Å². The highest BCUT2D eigenvalue weighted by molar-refractivity contribution is 5.77. The minimum absolute atomic E-state index is 0.00944. The van der Waals surface area contributed by atoms with Gasteiger partial charge in [0, 0.05) is 6.54 Å². The highest BCUT2D eigenvalue weighted by Gasteiger charge is 2.27. The normalized spacial score (nSPS) is 22.6. The summed E-state index contributed by atoms with van der Waals surface area (Å²) in [6.45, 7) is 6.44. The average Bonchev–Trinajstić information content (AvgIpc) is 2.63. The van der Waals surface area contributed by atoms with Gasteiger partial charge in [-0.1, -0.05) is 0 Å². The summed E-state index contributed by atoms with van der Waals surface area (Å²) in [5.41, 5.74) is 4.98. The van der Waals surface area contributed by atoms with Gasteiger partial charge in [-0.3, -0.25) is 4.79 Å². The molecule has 0 aliphatic carbocycles. The fraction of sp³-hybridized carbons (Fsp3) is 0.818. The second kappa shape index (κ2) is 4.63. The minimum atomic E-state index is -0.273. The van der Waals surface area contributed by atoms with Gasteiger partial charge in [0.05, 0.1) is 17.4 Å². The summed E-state index contributed by atoms with van der Waals surface area (Å²) >= 11 is 0. The van der Waals surface area contributed by atoms with Gasteiger partial charge in [-0.2, -0.15) is 5.26 Å². The van der Waals surface area contributed by atoms with Crippen molar-refractivity contribution >= 4 is 5.91 Å². The van der Waals surface area contributed by atoms with Crippen LogP contribution in [0.25, 0.3) is 0 Å². The molecule has 15 heavy (non-hydrogen) atoms. The van der Waals surface area contributed by atoms with E-state index in [1.54, 1.807) is 0 Å². The lowest BCUT2D eigenvalue weighted by Gasteiger charge is -2.20. The summed E-state index contributed by atoms with van der Waals surface area (Å²) in [5.74, 6) is -0.188. The van der Waals surface area contributed by atoms with Crippen molar-refractivity contribution in [2.75, 3.05) is 19.6 Å². The maximum absolute atomic E-state index is 10.9. The SMILES string of the molecule is CC(C)(C#N)CCN1CCC(C(N)=O)C1. The van der Waals surface area contributed by atoms with E-state index in [1.165, 1.54) is 0 Å². The monoisotopic (exact) mass is 209 g/mol. The van der Waals surface area contributed by atoms with Crippen LogP contribution in [0.4, 0.5) is 0 Å². The molecule has 84 valence electrons. The third-order valence-electron chi connectivity index (χ3n) is 3.03. The minimum Gasteiger partial charge on any atom is -0.369 e. The van der Waals surface area contributed by atoms with Crippen LogP contribution < -0.4 is 5.73 Å². The number of nitrogens with zero attached hydrogens (tertiary/aromatic N) is 2. The van der Waals surface area contributed by atoms with Crippen LogP contribution in [0.2, 0.25) is 0 Å². The van der Waals surface area contributed by atoms with Gasteiger partial charge in [-0.15, -0.1) is 0 Å². The van der Waals surface area contributed by atoms with Gasteiger partial charge in [0.1, 0.15) is 0 Å². The summed E-state index contributed by atoms with van der Waals surface area (Å²) in [4.78, 5) is 13.2. The third kappa shape index (κ3) is 3.52. The van der Waals surface area contributed by atoms with Gasteiger partial charge in [-0.25, -0.2) is 0 Å². The Balaban J connectivity index is 2.32. The Morgan fingerprint density at radius 3 is 2.80 bits per heavy atom. The summed E-state index contributed by atoms with van der Waals surface area (Å²) in [5, 5.41) is 8.87. The van der Waals surface area contributed by atoms with Crippen LogP contribution in [0.1, 0.15) is 26.7 Å². The molecule has 1 rings (SSSR count). The molecular weight excluding hydrogens is 190 g/mol. The fourth-order valence-corrected chi connectivity index (χ4v) is 1.76. The number of nitriles is 1. The van der Waals surface area contributed by atoms with Crippen molar-refractivity contribution in [1.29, 1.82) is 5.26 Å². The average molecular weight is 209 g/mol. The van der Waals surface area contributed by atoms with Crippen LogP contribution in [0.3, 0.4) is 0 Å². The van der Waals surface area contributed by atoms with E-state index in [9.17, 15) is 4.79 Å². The predicted octanol–water partition coefficient (Wildman–Crippen LogP) is 0.733. The number of amides is 1. The molecule has 0 bridgehead atoms. The molecule has 0 spiro atoms. The maximum atomic E-state index is 10.9. The molecular formula is C11H19N3O. The number of hydrogen-bond donors (Lipinski definition) is 1. The first-order valence-electron chi connectivity index (χ1n) is 5.37. The quantitative estimate of drug-likeness (QED) is 0.742. The molecule has 1 atom stereocenters. The summed E-state index contributed by atoms with van der Waals surface area (Å²) < 4.78 is 0. The number of nitrogens with two attached hydrogens (primary N) is 1. The first-order chi connectivity index (χ1) is 6.94. The Morgan fingerprint density at radius 1 is 1.67 bits per heavy atom. The van der Waals surface area contributed by atoms with Gasteiger partial charge in [-0.05, 0) is 39.8 Å². The van der Waals surface area contributed by atoms with Crippen LogP contribution in [-0.4, -0.2) is 30.4 Å². The molecule has 1 fully saturated rings. The number of hydrogen-bond acceptors (Lipinski definition) is 3. The molecule has 1 amide bonds. The third-order valence-corrected chi connectivity index (χ3v) is 3.03. The lowest BCUT2D eigenvalue weighted by molar-refractivity contribution is -0.121. The fourth-order valence-electron chi connectivity index (χ4n) is 1.76. The zero-order chi connectivity index (χ0) is 11.5. The van der Waals surface area contributed by atoms with E-state index >= 15 is 0 Å². The number of primary amides is 1. The van der Waals surface area contributed by atoms with Crippen molar-refractivity contribution in [3.63, 3.8) is 0 Å². The first kappa shape index (κ1) is 12.0. The number of rotatable bonds is 4. The molecule has 4 nitrogen and oxygen atoms in total. The first-order valence-corrected chi connectivity index (χ1v) is 5.37. The Bertz CT molecular complexity index is 280. The highest BCUT2D eigenvalue weighted by atomic mass is 16.1. The van der Waals surface area contributed by atoms with Gasteiger partial charge < -0.3 is 10.6 Å². The van der Waals surface area contributed by atoms with E-state index in [-0.39, 0.29) is 17.2 Å². The van der Waals surface area contributed by atoms with Crippen LogP contribution >= 0.6 is 0 Å². The molecule has 1 aliphatic rings. The topological polar surface area (TPSA) is 70.1 Å². The molecule has 0 saturated carbocycles. The number of likely N-dealkylation sites (tertiary alicyclic amines) is 1. The van der Waals surface area contributed by atoms with Crippen molar-refractivity contribution in [1.82, 2.24) is 4.90 Å². The lowest BCUT2D eigenvalue weighted by Crippen LogP contribution is -2.29. The summed E-state index contributed by atoms with van der Waals surface area (Å²) in [7, 11) is 0. The molecule has 2 N–H and O–H groups in total. The van der Waals surface area contributed by atoms with E-state index < -0.39 is 0 Å². The zero-order valence-electron chi connectivity index (χ0n) is 9.49. The largest absolute Gasteiger partial charge is 0.369 e. The maximum Gasteiger partial charge on any atom is 0.221 e. The van der Waals surface area contributed by atoms with Gasteiger partial charge in [0.15, 0.2) is 0 Å². The Hall–Kier alpha value is -1.08. The smallest absolute Gasteiger partial charge is 0.221 e. The van der Waals surface area contributed by atoms with Crippen molar-refractivity contribution in [3.8, 4) is 6.07 Å². The number of carbonyl (C=O) groups excluding carboxylic acids is 1. The Morgan fingerprint density at radius 2 is 2.33 bits per heavy atom. The standard InChI is InChI=1S/C11H19N3O/c1-11(2,8-12)4-6-14-5-3-9(7-14)10(13)15/h9H,3-7H2,1-2H3,(H2,13,15). The van der Waals surface area contributed by atoms with Crippen LogP contribution in [0.15, 0.2) is 0 Å². The predicted molar refractivity (Wildman–Crippen MR) is 57.8 cm³/mol. The Kier molecular flexibility index (Phi) is 3.70. The van der Waals surface area contributed by atoms with Gasteiger partial charge >= 0.3 is 0 Å². The summed E-state index contributed by atoms with van der Waals surface area (Å²) in [6, 6.07) is 2.28. The van der Waals surface area contributed by atoms with E-state index in [0.717, 1.165) is 32.5 Å². The van der Waals surface area contributed by atoms with Crippen LogP contribution in [0.5, 0.6) is 0 Å². The van der Waals surface area contributed by atoms with Crippen LogP contribution in [0, 0.1) is 22.7 Å².